The molecule has 3 aromatic carbocycles. The van der Waals surface area contributed by atoms with E-state index in [9.17, 15) is 9.50 Å². The molecule has 0 fully saturated rings. The fourth-order valence-corrected chi connectivity index (χ4v) is 3.01. The second kappa shape index (κ2) is 5.02. The zero-order chi connectivity index (χ0) is 16.0. The number of hydrogen-bond donors (Lipinski definition) is 2. The molecular weight excluding hydrogens is 293 g/mol. The molecule has 4 heteroatoms. The second-order valence-electron chi connectivity index (χ2n) is 5.44. The third-order valence-electron chi connectivity index (χ3n) is 4.13. The molecule has 0 bridgehead atoms. The van der Waals surface area contributed by atoms with Crippen LogP contribution in [0.3, 0.4) is 0 Å². The summed E-state index contributed by atoms with van der Waals surface area (Å²) < 4.78 is 18.6. The highest BCUT2D eigenvalue weighted by molar-refractivity contribution is 6.14. The Morgan fingerprint density at radius 1 is 0.957 bits per heavy atom. The van der Waals surface area contributed by atoms with Gasteiger partial charge in [0.25, 0.3) is 0 Å². The fourth-order valence-electron chi connectivity index (χ4n) is 3.01. The van der Waals surface area contributed by atoms with Gasteiger partial charge in [0.1, 0.15) is 11.6 Å². The van der Waals surface area contributed by atoms with E-state index in [0.717, 1.165) is 38.4 Å². The number of benzene rings is 3. The van der Waals surface area contributed by atoms with E-state index in [2.05, 4.69) is 4.98 Å². The van der Waals surface area contributed by atoms with Crippen LogP contribution < -0.4 is 4.74 Å². The van der Waals surface area contributed by atoms with Crippen LogP contribution in [-0.2, 0) is 0 Å². The first-order valence-electron chi connectivity index (χ1n) is 7.24. The molecular formula is C19H14FNO2. The van der Waals surface area contributed by atoms with Crippen LogP contribution >= 0.6 is 0 Å². The summed E-state index contributed by atoms with van der Waals surface area (Å²) in [6, 6.07) is 14.1. The summed E-state index contributed by atoms with van der Waals surface area (Å²) >= 11 is 0. The minimum absolute atomic E-state index is 0.126. The molecule has 0 aliphatic carbocycles. The largest absolute Gasteiger partial charge is 0.497 e. The molecule has 114 valence electrons. The Kier molecular flexibility index (Phi) is 2.98. The standard InChI is InChI=1S/C19H14FNO2/c1-23-14-7-4-12-8-16-17(10-21-19(16)22)18(15(12)9-14)11-2-5-13(20)6-3-11/h2-10,21-22H,1H3. The van der Waals surface area contributed by atoms with Crippen molar-refractivity contribution in [2.45, 2.75) is 0 Å². The van der Waals surface area contributed by atoms with E-state index >= 15 is 0 Å². The summed E-state index contributed by atoms with van der Waals surface area (Å²) in [6.07, 6.45) is 1.77. The first-order chi connectivity index (χ1) is 11.2. The van der Waals surface area contributed by atoms with E-state index in [1.165, 1.54) is 12.1 Å². The third-order valence-corrected chi connectivity index (χ3v) is 4.13. The van der Waals surface area contributed by atoms with Crippen molar-refractivity contribution in [1.82, 2.24) is 4.98 Å². The SMILES string of the molecule is COc1ccc2cc3c(O)[nH]cc3c(-c3ccc(F)cc3)c2c1. The molecule has 0 unspecified atom stereocenters. The summed E-state index contributed by atoms with van der Waals surface area (Å²) in [7, 11) is 1.62. The van der Waals surface area contributed by atoms with E-state index in [1.807, 2.05) is 24.3 Å². The lowest BCUT2D eigenvalue weighted by atomic mass is 9.94. The minimum Gasteiger partial charge on any atom is -0.497 e. The van der Waals surface area contributed by atoms with Crippen molar-refractivity contribution in [3.63, 3.8) is 0 Å². The molecule has 0 radical (unpaired) electrons. The van der Waals surface area contributed by atoms with Crippen molar-refractivity contribution < 1.29 is 14.2 Å². The highest BCUT2D eigenvalue weighted by Crippen LogP contribution is 2.40. The van der Waals surface area contributed by atoms with Crippen LogP contribution in [0.2, 0.25) is 0 Å². The predicted octanol–water partition coefficient (Wildman–Crippen LogP) is 4.84. The average Bonchev–Trinajstić information content (AvgIpc) is 2.94. The van der Waals surface area contributed by atoms with Crippen LogP contribution in [0.5, 0.6) is 11.6 Å². The number of H-pyrrole nitrogens is 1. The third kappa shape index (κ3) is 2.11. The highest BCUT2D eigenvalue weighted by Gasteiger charge is 2.14. The molecule has 1 aromatic heterocycles. The lowest BCUT2D eigenvalue weighted by Gasteiger charge is -2.11. The zero-order valence-electron chi connectivity index (χ0n) is 12.4. The normalized spacial score (nSPS) is 11.2. The van der Waals surface area contributed by atoms with Crippen molar-refractivity contribution in [2.75, 3.05) is 7.11 Å². The number of aromatic hydroxyl groups is 1. The number of aromatic nitrogens is 1. The van der Waals surface area contributed by atoms with Gasteiger partial charge in [-0.25, -0.2) is 4.39 Å². The van der Waals surface area contributed by atoms with Gasteiger partial charge in [0.2, 0.25) is 0 Å². The lowest BCUT2D eigenvalue weighted by Crippen LogP contribution is -1.87. The van der Waals surface area contributed by atoms with E-state index in [1.54, 1.807) is 25.4 Å². The summed E-state index contributed by atoms with van der Waals surface area (Å²) in [6.45, 7) is 0. The van der Waals surface area contributed by atoms with Crippen molar-refractivity contribution >= 4 is 21.5 Å². The van der Waals surface area contributed by atoms with Gasteiger partial charge in [0.05, 0.1) is 7.11 Å². The minimum atomic E-state index is -0.278. The molecule has 0 saturated carbocycles. The van der Waals surface area contributed by atoms with E-state index in [-0.39, 0.29) is 11.7 Å². The molecule has 0 saturated heterocycles. The number of ether oxygens (including phenoxy) is 1. The number of fused-ring (bicyclic) bond motifs is 2. The van der Waals surface area contributed by atoms with Gasteiger partial charge < -0.3 is 14.8 Å². The van der Waals surface area contributed by atoms with Gasteiger partial charge >= 0.3 is 0 Å². The summed E-state index contributed by atoms with van der Waals surface area (Å²) in [4.78, 5) is 2.85. The molecule has 2 N–H and O–H groups in total. The molecule has 0 aliphatic heterocycles. The van der Waals surface area contributed by atoms with Gasteiger partial charge in [-0.05, 0) is 52.2 Å². The Labute approximate surface area is 131 Å². The van der Waals surface area contributed by atoms with Crippen LogP contribution in [0, 0.1) is 5.82 Å². The number of halogens is 1. The van der Waals surface area contributed by atoms with Crippen LogP contribution in [0.4, 0.5) is 4.39 Å². The van der Waals surface area contributed by atoms with Crippen molar-refractivity contribution in [1.29, 1.82) is 0 Å². The Morgan fingerprint density at radius 2 is 1.74 bits per heavy atom. The predicted molar refractivity (Wildman–Crippen MR) is 89.4 cm³/mol. The Morgan fingerprint density at radius 3 is 2.48 bits per heavy atom. The van der Waals surface area contributed by atoms with Crippen molar-refractivity contribution in [2.24, 2.45) is 0 Å². The molecule has 1 heterocycles. The molecule has 0 atom stereocenters. The van der Waals surface area contributed by atoms with Gasteiger partial charge in [-0.3, -0.25) is 0 Å². The maximum Gasteiger partial charge on any atom is 0.196 e. The molecule has 0 spiro atoms. The first kappa shape index (κ1) is 13.6. The topological polar surface area (TPSA) is 45.2 Å². The average molecular weight is 307 g/mol. The summed E-state index contributed by atoms with van der Waals surface area (Å²) in [5.74, 6) is 0.598. The van der Waals surface area contributed by atoms with E-state index < -0.39 is 0 Å². The van der Waals surface area contributed by atoms with Gasteiger partial charge in [-0.1, -0.05) is 18.2 Å². The summed E-state index contributed by atoms with van der Waals surface area (Å²) in [5, 5.41) is 13.6. The van der Waals surface area contributed by atoms with E-state index in [4.69, 9.17) is 4.74 Å². The van der Waals surface area contributed by atoms with Crippen molar-refractivity contribution in [3.05, 3.63) is 60.5 Å². The number of rotatable bonds is 2. The number of methoxy groups -OCH3 is 1. The monoisotopic (exact) mass is 307 g/mol. The van der Waals surface area contributed by atoms with Gasteiger partial charge in [0.15, 0.2) is 5.88 Å². The number of hydrogen-bond acceptors (Lipinski definition) is 2. The van der Waals surface area contributed by atoms with Crippen LogP contribution in [0.25, 0.3) is 32.7 Å². The van der Waals surface area contributed by atoms with Crippen LogP contribution in [-0.4, -0.2) is 17.2 Å². The lowest BCUT2D eigenvalue weighted by molar-refractivity contribution is 0.415. The van der Waals surface area contributed by atoms with Gasteiger partial charge in [-0.15, -0.1) is 0 Å². The molecule has 3 nitrogen and oxygen atoms in total. The molecule has 0 aliphatic rings. The second-order valence-corrected chi connectivity index (χ2v) is 5.44. The zero-order valence-corrected chi connectivity index (χ0v) is 12.4. The molecule has 23 heavy (non-hydrogen) atoms. The highest BCUT2D eigenvalue weighted by atomic mass is 19.1. The van der Waals surface area contributed by atoms with Gasteiger partial charge in [0, 0.05) is 17.0 Å². The quantitative estimate of drug-likeness (QED) is 0.556. The Balaban J connectivity index is 2.16. The first-order valence-corrected chi connectivity index (χ1v) is 7.24. The Hall–Kier alpha value is -3.01. The Bertz CT molecular complexity index is 1020. The van der Waals surface area contributed by atoms with Crippen molar-refractivity contribution in [3.8, 4) is 22.8 Å². The summed E-state index contributed by atoms with van der Waals surface area (Å²) in [5.41, 5.74) is 1.82. The van der Waals surface area contributed by atoms with Crippen LogP contribution in [0.1, 0.15) is 0 Å². The number of aromatic amines is 1. The van der Waals surface area contributed by atoms with E-state index in [0.29, 0.717) is 0 Å². The maximum atomic E-state index is 13.3. The maximum absolute atomic E-state index is 13.3. The number of nitrogens with one attached hydrogen (secondary N) is 1. The van der Waals surface area contributed by atoms with Crippen LogP contribution in [0.15, 0.2) is 54.7 Å². The smallest absolute Gasteiger partial charge is 0.196 e. The van der Waals surface area contributed by atoms with Gasteiger partial charge in [-0.2, -0.15) is 0 Å². The fraction of sp³-hybridized carbons (Fsp3) is 0.0526. The molecule has 0 amide bonds. The molecule has 4 aromatic rings. The molecule has 4 rings (SSSR count).